The molecule has 0 aliphatic heterocycles. The summed E-state index contributed by atoms with van der Waals surface area (Å²) in [7, 11) is -2.09. The second-order valence-electron chi connectivity index (χ2n) is 3.60. The lowest BCUT2D eigenvalue weighted by molar-refractivity contribution is 0.0899. The van der Waals surface area contributed by atoms with Crippen LogP contribution in [0.5, 0.6) is 0 Å². The second kappa shape index (κ2) is 5.48. The molecule has 4 nitrogen and oxygen atoms in total. The zero-order valence-electron chi connectivity index (χ0n) is 8.93. The van der Waals surface area contributed by atoms with E-state index < -0.39 is 21.4 Å². The molecule has 14 heavy (non-hydrogen) atoms. The first-order chi connectivity index (χ1) is 6.34. The average Bonchev–Trinajstić information content (AvgIpc) is 2.00. The highest BCUT2D eigenvalue weighted by molar-refractivity contribution is 7.89. The Bertz CT molecular complexity index is 272. The van der Waals surface area contributed by atoms with E-state index in [9.17, 15) is 8.42 Å². The molecule has 2 atom stereocenters. The van der Waals surface area contributed by atoms with Gasteiger partial charge in [-0.25, -0.2) is 13.6 Å². The molecule has 0 fully saturated rings. The third-order valence-electron chi connectivity index (χ3n) is 2.10. The summed E-state index contributed by atoms with van der Waals surface area (Å²) < 4.78 is 27.7. The van der Waals surface area contributed by atoms with Crippen LogP contribution in [0.2, 0.25) is 0 Å². The van der Waals surface area contributed by atoms with Crippen molar-refractivity contribution in [2.45, 2.75) is 31.6 Å². The fourth-order valence-electron chi connectivity index (χ4n) is 1.55. The van der Waals surface area contributed by atoms with E-state index in [2.05, 4.69) is 6.58 Å². The summed E-state index contributed by atoms with van der Waals surface area (Å²) in [6.07, 6.45) is 1.70. The lowest BCUT2D eigenvalue weighted by Crippen LogP contribution is -2.43. The van der Waals surface area contributed by atoms with Crippen molar-refractivity contribution >= 4 is 10.0 Å². The first kappa shape index (κ1) is 13.6. The Labute approximate surface area is 86.2 Å². The van der Waals surface area contributed by atoms with E-state index in [0.29, 0.717) is 6.42 Å². The summed E-state index contributed by atoms with van der Waals surface area (Å²) in [6.45, 7) is 7.18. The maximum Gasteiger partial charge on any atom is 0.214 e. The van der Waals surface area contributed by atoms with Gasteiger partial charge in [0.05, 0.1) is 6.10 Å². The molecule has 0 heterocycles. The fraction of sp³-hybridized carbons (Fsp3) is 0.778. The Kier molecular flexibility index (Phi) is 5.33. The van der Waals surface area contributed by atoms with Gasteiger partial charge in [-0.2, -0.15) is 0 Å². The Balaban J connectivity index is 4.88. The number of ether oxygens (including phenoxy) is 1. The minimum atomic E-state index is -3.57. The highest BCUT2D eigenvalue weighted by Crippen LogP contribution is 2.18. The Morgan fingerprint density at radius 1 is 1.50 bits per heavy atom. The lowest BCUT2D eigenvalue weighted by Gasteiger charge is -2.26. The Hall–Kier alpha value is -0.390. The molecule has 0 aromatic heterocycles. The van der Waals surface area contributed by atoms with Gasteiger partial charge in [0.2, 0.25) is 10.0 Å². The summed E-state index contributed by atoms with van der Waals surface area (Å²) in [5.74, 6) is -0.0742. The topological polar surface area (TPSA) is 69.4 Å². The van der Waals surface area contributed by atoms with Gasteiger partial charge < -0.3 is 4.74 Å². The van der Waals surface area contributed by atoms with Crippen molar-refractivity contribution in [3.05, 3.63) is 12.7 Å². The van der Waals surface area contributed by atoms with E-state index >= 15 is 0 Å². The maximum absolute atomic E-state index is 11.3. The van der Waals surface area contributed by atoms with Crippen LogP contribution in [-0.4, -0.2) is 26.9 Å². The molecule has 0 spiro atoms. The standard InChI is InChI=1S/C9H19NO3S/c1-5-6-8(13-4)9(7(2)3)14(10,11)12/h5,7-9H,1,6H2,2-4H3,(H2,10,11,12)/t8-,9+/m1/s1. The molecule has 0 bridgehead atoms. The molecule has 84 valence electrons. The quantitative estimate of drug-likeness (QED) is 0.677. The minimum Gasteiger partial charge on any atom is -0.380 e. The third-order valence-corrected chi connectivity index (χ3v) is 3.71. The van der Waals surface area contributed by atoms with Gasteiger partial charge in [-0.15, -0.1) is 6.58 Å². The van der Waals surface area contributed by atoms with Crippen molar-refractivity contribution in [2.24, 2.45) is 11.1 Å². The Morgan fingerprint density at radius 3 is 2.21 bits per heavy atom. The molecule has 0 aromatic carbocycles. The maximum atomic E-state index is 11.3. The number of sulfonamides is 1. The second-order valence-corrected chi connectivity index (χ2v) is 5.32. The monoisotopic (exact) mass is 221 g/mol. The molecule has 0 aromatic rings. The molecular formula is C9H19NO3S. The highest BCUT2D eigenvalue weighted by atomic mass is 32.2. The summed E-state index contributed by atoms with van der Waals surface area (Å²) in [4.78, 5) is 0. The SMILES string of the molecule is C=CC[C@@H](OC)[C@H](C(C)C)S(N)(=O)=O. The number of nitrogens with two attached hydrogens (primary N) is 1. The molecule has 0 amide bonds. The lowest BCUT2D eigenvalue weighted by atomic mass is 10.0. The van der Waals surface area contributed by atoms with E-state index in [1.807, 2.05) is 13.8 Å². The van der Waals surface area contributed by atoms with E-state index in [1.165, 1.54) is 7.11 Å². The molecule has 0 rings (SSSR count). The van der Waals surface area contributed by atoms with Crippen LogP contribution in [-0.2, 0) is 14.8 Å². The van der Waals surface area contributed by atoms with Gasteiger partial charge in [0.15, 0.2) is 0 Å². The molecule has 0 radical (unpaired) electrons. The van der Waals surface area contributed by atoms with Crippen LogP contribution in [0.15, 0.2) is 12.7 Å². The largest absolute Gasteiger partial charge is 0.380 e. The van der Waals surface area contributed by atoms with E-state index in [1.54, 1.807) is 6.08 Å². The first-order valence-corrected chi connectivity index (χ1v) is 6.10. The molecular weight excluding hydrogens is 202 g/mol. The van der Waals surface area contributed by atoms with Gasteiger partial charge in [0.1, 0.15) is 5.25 Å². The Morgan fingerprint density at radius 2 is 2.00 bits per heavy atom. The van der Waals surface area contributed by atoms with Gasteiger partial charge in [-0.1, -0.05) is 19.9 Å². The van der Waals surface area contributed by atoms with Gasteiger partial charge >= 0.3 is 0 Å². The molecule has 0 aliphatic carbocycles. The number of rotatable bonds is 6. The predicted octanol–water partition coefficient (Wildman–Crippen LogP) is 0.891. The third kappa shape index (κ3) is 3.77. The van der Waals surface area contributed by atoms with Crippen LogP contribution >= 0.6 is 0 Å². The van der Waals surface area contributed by atoms with Crippen LogP contribution < -0.4 is 5.14 Å². The molecule has 2 N–H and O–H groups in total. The molecule has 0 saturated carbocycles. The van der Waals surface area contributed by atoms with Gasteiger partial charge in [-0.3, -0.25) is 0 Å². The zero-order valence-corrected chi connectivity index (χ0v) is 9.75. The summed E-state index contributed by atoms with van der Waals surface area (Å²) >= 11 is 0. The van der Waals surface area contributed by atoms with Crippen LogP contribution in [0.1, 0.15) is 20.3 Å². The smallest absolute Gasteiger partial charge is 0.214 e. The van der Waals surface area contributed by atoms with Crippen molar-refractivity contribution in [3.63, 3.8) is 0 Å². The molecule has 5 heteroatoms. The minimum absolute atomic E-state index is 0.0742. The molecule has 0 aliphatic rings. The van der Waals surface area contributed by atoms with Crippen LogP contribution in [0.25, 0.3) is 0 Å². The fourth-order valence-corrected chi connectivity index (χ4v) is 2.95. The zero-order chi connectivity index (χ0) is 11.4. The van der Waals surface area contributed by atoms with E-state index in [-0.39, 0.29) is 5.92 Å². The molecule has 0 unspecified atom stereocenters. The summed E-state index contributed by atoms with van der Waals surface area (Å²) in [6, 6.07) is 0. The average molecular weight is 221 g/mol. The van der Waals surface area contributed by atoms with Gasteiger partial charge in [-0.05, 0) is 12.3 Å². The van der Waals surface area contributed by atoms with Crippen LogP contribution in [0, 0.1) is 5.92 Å². The van der Waals surface area contributed by atoms with Crippen molar-refractivity contribution in [2.75, 3.05) is 7.11 Å². The number of hydrogen-bond acceptors (Lipinski definition) is 3. The van der Waals surface area contributed by atoms with E-state index in [0.717, 1.165) is 0 Å². The number of primary sulfonamides is 1. The van der Waals surface area contributed by atoms with Crippen molar-refractivity contribution in [1.82, 2.24) is 0 Å². The predicted molar refractivity (Wildman–Crippen MR) is 57.3 cm³/mol. The first-order valence-electron chi connectivity index (χ1n) is 4.49. The van der Waals surface area contributed by atoms with Crippen molar-refractivity contribution in [3.8, 4) is 0 Å². The van der Waals surface area contributed by atoms with E-state index in [4.69, 9.17) is 9.88 Å². The van der Waals surface area contributed by atoms with Crippen molar-refractivity contribution in [1.29, 1.82) is 0 Å². The number of methoxy groups -OCH3 is 1. The molecule has 0 saturated heterocycles. The van der Waals surface area contributed by atoms with Crippen LogP contribution in [0.4, 0.5) is 0 Å². The van der Waals surface area contributed by atoms with Crippen LogP contribution in [0.3, 0.4) is 0 Å². The number of hydrogen-bond donors (Lipinski definition) is 1. The van der Waals surface area contributed by atoms with Gasteiger partial charge in [0.25, 0.3) is 0 Å². The summed E-state index contributed by atoms with van der Waals surface area (Å²) in [5, 5.41) is 4.47. The van der Waals surface area contributed by atoms with Crippen molar-refractivity contribution < 1.29 is 13.2 Å². The highest BCUT2D eigenvalue weighted by Gasteiger charge is 2.33. The van der Waals surface area contributed by atoms with Gasteiger partial charge in [0, 0.05) is 7.11 Å². The normalized spacial score (nSPS) is 16.6. The summed E-state index contributed by atoms with van der Waals surface area (Å²) in [5.41, 5.74) is 0.